The SMILES string of the molecule is Cc1nn(C)c(COc2ccc(C=O)cc2[N+](=O)[O-])c1Cl. The summed E-state index contributed by atoms with van der Waals surface area (Å²) in [5.74, 6) is 0.0699. The van der Waals surface area contributed by atoms with Crippen molar-refractivity contribution in [3.8, 4) is 5.75 Å². The molecule has 2 aromatic rings. The zero-order chi connectivity index (χ0) is 15.6. The molecule has 0 aliphatic heterocycles. The summed E-state index contributed by atoms with van der Waals surface area (Å²) in [5.41, 5.74) is 1.21. The first-order valence-electron chi connectivity index (χ1n) is 5.98. The van der Waals surface area contributed by atoms with E-state index in [1.165, 1.54) is 18.2 Å². The maximum Gasteiger partial charge on any atom is 0.311 e. The minimum atomic E-state index is -0.599. The van der Waals surface area contributed by atoms with E-state index in [1.807, 2.05) is 0 Å². The Kier molecular flexibility index (Phi) is 4.23. The van der Waals surface area contributed by atoms with Crippen LogP contribution >= 0.6 is 11.6 Å². The highest BCUT2D eigenvalue weighted by molar-refractivity contribution is 6.31. The van der Waals surface area contributed by atoms with Crippen molar-refractivity contribution in [2.45, 2.75) is 13.5 Å². The fourth-order valence-corrected chi connectivity index (χ4v) is 2.07. The molecule has 8 heteroatoms. The highest BCUT2D eigenvalue weighted by Gasteiger charge is 2.18. The number of rotatable bonds is 5. The second-order valence-corrected chi connectivity index (χ2v) is 4.74. The average molecular weight is 310 g/mol. The molecule has 0 radical (unpaired) electrons. The van der Waals surface area contributed by atoms with E-state index in [2.05, 4.69) is 5.10 Å². The van der Waals surface area contributed by atoms with Crippen LogP contribution in [0.4, 0.5) is 5.69 Å². The van der Waals surface area contributed by atoms with E-state index in [4.69, 9.17) is 16.3 Å². The molecule has 110 valence electrons. The lowest BCUT2D eigenvalue weighted by atomic mass is 10.2. The maximum absolute atomic E-state index is 11.0. The van der Waals surface area contributed by atoms with Crippen LogP contribution in [-0.2, 0) is 13.7 Å². The van der Waals surface area contributed by atoms with E-state index in [9.17, 15) is 14.9 Å². The Hall–Kier alpha value is -2.41. The first-order chi connectivity index (χ1) is 9.93. The maximum atomic E-state index is 11.0. The van der Waals surface area contributed by atoms with Gasteiger partial charge < -0.3 is 4.74 Å². The van der Waals surface area contributed by atoms with E-state index in [1.54, 1.807) is 18.7 Å². The van der Waals surface area contributed by atoms with E-state index in [0.29, 0.717) is 22.7 Å². The number of benzene rings is 1. The van der Waals surface area contributed by atoms with Crippen molar-refractivity contribution in [2.24, 2.45) is 7.05 Å². The van der Waals surface area contributed by atoms with E-state index in [-0.39, 0.29) is 23.6 Å². The van der Waals surface area contributed by atoms with Gasteiger partial charge in [-0.1, -0.05) is 11.6 Å². The molecule has 0 aliphatic rings. The first kappa shape index (κ1) is 15.0. The lowest BCUT2D eigenvalue weighted by Gasteiger charge is -2.08. The van der Waals surface area contributed by atoms with Crippen molar-refractivity contribution in [3.05, 3.63) is 50.3 Å². The fourth-order valence-electron chi connectivity index (χ4n) is 1.86. The summed E-state index contributed by atoms with van der Waals surface area (Å²) in [7, 11) is 1.71. The van der Waals surface area contributed by atoms with Gasteiger partial charge in [0.15, 0.2) is 5.75 Å². The van der Waals surface area contributed by atoms with Gasteiger partial charge in [0.05, 0.1) is 21.3 Å². The van der Waals surface area contributed by atoms with Gasteiger partial charge in [0.1, 0.15) is 12.9 Å². The van der Waals surface area contributed by atoms with Crippen molar-refractivity contribution < 1.29 is 14.5 Å². The van der Waals surface area contributed by atoms with Crippen molar-refractivity contribution in [1.29, 1.82) is 0 Å². The number of aryl methyl sites for hydroxylation is 2. The molecule has 7 nitrogen and oxygen atoms in total. The van der Waals surface area contributed by atoms with Gasteiger partial charge in [0, 0.05) is 18.7 Å². The molecule has 0 fully saturated rings. The van der Waals surface area contributed by atoms with Crippen LogP contribution in [0.3, 0.4) is 0 Å². The molecule has 2 rings (SSSR count). The summed E-state index contributed by atoms with van der Waals surface area (Å²) in [6.07, 6.45) is 0.540. The van der Waals surface area contributed by atoms with Gasteiger partial charge in [0.2, 0.25) is 0 Å². The highest BCUT2D eigenvalue weighted by Crippen LogP contribution is 2.29. The van der Waals surface area contributed by atoms with Crippen LogP contribution in [0.1, 0.15) is 21.7 Å². The fraction of sp³-hybridized carbons (Fsp3) is 0.231. The Morgan fingerprint density at radius 3 is 2.76 bits per heavy atom. The smallest absolute Gasteiger partial charge is 0.311 e. The first-order valence-corrected chi connectivity index (χ1v) is 6.36. The molecule has 0 spiro atoms. The van der Waals surface area contributed by atoms with Crippen molar-refractivity contribution >= 4 is 23.6 Å². The summed E-state index contributed by atoms with van der Waals surface area (Å²) >= 11 is 6.09. The monoisotopic (exact) mass is 309 g/mol. The number of carbonyl (C=O) groups is 1. The molecule has 1 aromatic heterocycles. The zero-order valence-electron chi connectivity index (χ0n) is 11.4. The number of carbonyl (C=O) groups excluding carboxylic acids is 1. The van der Waals surface area contributed by atoms with Crippen molar-refractivity contribution in [3.63, 3.8) is 0 Å². The molecule has 0 aliphatic carbocycles. The summed E-state index contributed by atoms with van der Waals surface area (Å²) in [6, 6.07) is 4.00. The van der Waals surface area contributed by atoms with Crippen LogP contribution in [0.25, 0.3) is 0 Å². The van der Waals surface area contributed by atoms with E-state index in [0.717, 1.165) is 0 Å². The number of aromatic nitrogens is 2. The third kappa shape index (κ3) is 3.03. The Bertz CT molecular complexity index is 712. The number of hydrogen-bond acceptors (Lipinski definition) is 5. The molecule has 21 heavy (non-hydrogen) atoms. The molecule has 1 aromatic carbocycles. The predicted octanol–water partition coefficient (Wildman–Crippen LogP) is 2.68. The molecule has 0 saturated heterocycles. The summed E-state index contributed by atoms with van der Waals surface area (Å²) in [4.78, 5) is 21.1. The average Bonchev–Trinajstić information content (AvgIpc) is 2.70. The number of ether oxygens (including phenoxy) is 1. The lowest BCUT2D eigenvalue weighted by Crippen LogP contribution is -2.05. The number of aldehydes is 1. The van der Waals surface area contributed by atoms with Gasteiger partial charge in [0.25, 0.3) is 0 Å². The second kappa shape index (κ2) is 5.92. The Morgan fingerprint density at radius 1 is 1.52 bits per heavy atom. The van der Waals surface area contributed by atoms with Crippen LogP contribution < -0.4 is 4.74 Å². The largest absolute Gasteiger partial charge is 0.480 e. The minimum Gasteiger partial charge on any atom is -0.480 e. The lowest BCUT2D eigenvalue weighted by molar-refractivity contribution is -0.386. The second-order valence-electron chi connectivity index (χ2n) is 4.36. The van der Waals surface area contributed by atoms with Gasteiger partial charge >= 0.3 is 5.69 Å². The van der Waals surface area contributed by atoms with Gasteiger partial charge in [-0.3, -0.25) is 19.6 Å². The highest BCUT2D eigenvalue weighted by atomic mass is 35.5. The Balaban J connectivity index is 2.27. The Morgan fingerprint density at radius 2 is 2.24 bits per heavy atom. The summed E-state index contributed by atoms with van der Waals surface area (Å²) < 4.78 is 7.01. The molecular weight excluding hydrogens is 298 g/mol. The third-order valence-corrected chi connectivity index (χ3v) is 3.43. The van der Waals surface area contributed by atoms with Gasteiger partial charge in [-0.15, -0.1) is 0 Å². The Labute approximate surface area is 125 Å². The predicted molar refractivity (Wildman–Crippen MR) is 75.8 cm³/mol. The summed E-state index contributed by atoms with van der Waals surface area (Å²) in [5, 5.41) is 15.6. The minimum absolute atomic E-state index is 0.0391. The molecule has 0 N–H and O–H groups in total. The molecule has 0 atom stereocenters. The standard InChI is InChI=1S/C13H12ClN3O4/c1-8-13(14)11(16(2)15-8)7-21-12-4-3-9(6-18)5-10(12)17(19)20/h3-6H,7H2,1-2H3. The van der Waals surface area contributed by atoms with E-state index < -0.39 is 4.92 Å². The third-order valence-electron chi connectivity index (χ3n) is 2.94. The normalized spacial score (nSPS) is 10.4. The number of nitrogens with zero attached hydrogens (tertiary/aromatic N) is 3. The molecule has 0 amide bonds. The molecular formula is C13H12ClN3O4. The number of hydrogen-bond donors (Lipinski definition) is 0. The van der Waals surface area contributed by atoms with Crippen LogP contribution in [0, 0.1) is 17.0 Å². The van der Waals surface area contributed by atoms with Crippen LogP contribution in [0.2, 0.25) is 5.02 Å². The zero-order valence-corrected chi connectivity index (χ0v) is 12.1. The number of nitro groups is 1. The van der Waals surface area contributed by atoms with Gasteiger partial charge in [-0.05, 0) is 19.1 Å². The topological polar surface area (TPSA) is 87.3 Å². The quantitative estimate of drug-likeness (QED) is 0.481. The van der Waals surface area contributed by atoms with Crippen molar-refractivity contribution in [1.82, 2.24) is 9.78 Å². The van der Waals surface area contributed by atoms with Crippen LogP contribution in [0.5, 0.6) is 5.75 Å². The van der Waals surface area contributed by atoms with E-state index >= 15 is 0 Å². The number of nitro benzene ring substituents is 1. The molecule has 0 unspecified atom stereocenters. The molecule has 0 saturated carbocycles. The van der Waals surface area contributed by atoms with Gasteiger partial charge in [-0.2, -0.15) is 5.10 Å². The van der Waals surface area contributed by atoms with Gasteiger partial charge in [-0.25, -0.2) is 0 Å². The number of halogens is 1. The van der Waals surface area contributed by atoms with Crippen LogP contribution in [-0.4, -0.2) is 21.0 Å². The molecule has 1 heterocycles. The van der Waals surface area contributed by atoms with Crippen LogP contribution in [0.15, 0.2) is 18.2 Å². The summed E-state index contributed by atoms with van der Waals surface area (Å²) in [6.45, 7) is 1.80. The van der Waals surface area contributed by atoms with Crippen molar-refractivity contribution in [2.75, 3.05) is 0 Å². The molecule has 0 bridgehead atoms.